The van der Waals surface area contributed by atoms with Gasteiger partial charge in [-0.25, -0.2) is 8.42 Å². The molecule has 0 radical (unpaired) electrons. The molecule has 0 aliphatic carbocycles. The number of benzene rings is 1. The van der Waals surface area contributed by atoms with Crippen LogP contribution in [0.15, 0.2) is 52.2 Å². The molecule has 28 heavy (non-hydrogen) atoms. The number of carbonyl (C=O) groups excluding carboxylic acids is 1. The fourth-order valence-electron chi connectivity index (χ4n) is 4.33. The Kier molecular flexibility index (Phi) is 4.84. The fraction of sp³-hybridized carbons (Fsp3) is 0.400. The lowest BCUT2D eigenvalue weighted by Gasteiger charge is -2.43. The van der Waals surface area contributed by atoms with E-state index in [0.717, 1.165) is 31.5 Å². The van der Waals surface area contributed by atoms with Gasteiger partial charge < -0.3 is 15.2 Å². The summed E-state index contributed by atoms with van der Waals surface area (Å²) in [5, 5.41) is 6.32. The standard InChI is InChI=1S/C20H23N3O4S/c1-28(26,27)16-5-2-4-13(9-16)20(25)22-12-18-15-8-14(10-21-11-15)17-6-3-7-19(24)23(17)18/h2-7,9,14-15,18,21H,8,10-12H2,1H3,(H,22,25)/t14-,15+,18+/m1/s1. The Balaban J connectivity index is 1.58. The zero-order valence-corrected chi connectivity index (χ0v) is 16.4. The van der Waals surface area contributed by atoms with E-state index in [9.17, 15) is 18.0 Å². The van der Waals surface area contributed by atoms with Crippen molar-refractivity contribution in [1.82, 2.24) is 15.2 Å². The monoisotopic (exact) mass is 401 g/mol. The highest BCUT2D eigenvalue weighted by atomic mass is 32.2. The molecule has 2 aliphatic rings. The molecule has 2 N–H and O–H groups in total. The van der Waals surface area contributed by atoms with Crippen molar-refractivity contribution in [2.24, 2.45) is 5.92 Å². The summed E-state index contributed by atoms with van der Waals surface area (Å²) in [5.74, 6) is 0.224. The first kappa shape index (κ1) is 18.9. The van der Waals surface area contributed by atoms with E-state index in [1.165, 1.54) is 12.1 Å². The number of carbonyl (C=O) groups is 1. The quantitative estimate of drug-likeness (QED) is 0.794. The number of sulfone groups is 1. The maximum Gasteiger partial charge on any atom is 0.251 e. The van der Waals surface area contributed by atoms with Crippen molar-refractivity contribution >= 4 is 15.7 Å². The molecular formula is C20H23N3O4S. The molecule has 1 amide bonds. The van der Waals surface area contributed by atoms with Gasteiger partial charge in [-0.1, -0.05) is 12.1 Å². The first-order chi connectivity index (χ1) is 13.3. The van der Waals surface area contributed by atoms with E-state index in [1.807, 2.05) is 10.6 Å². The number of rotatable bonds is 4. The minimum atomic E-state index is -3.38. The van der Waals surface area contributed by atoms with E-state index >= 15 is 0 Å². The second-order valence-electron chi connectivity index (χ2n) is 7.59. The van der Waals surface area contributed by atoms with Crippen LogP contribution in [0, 0.1) is 5.92 Å². The zero-order valence-electron chi connectivity index (χ0n) is 15.6. The van der Waals surface area contributed by atoms with Gasteiger partial charge in [0, 0.05) is 49.1 Å². The van der Waals surface area contributed by atoms with Crippen molar-refractivity contribution in [3.05, 3.63) is 64.1 Å². The Labute approximate surface area is 163 Å². The Bertz CT molecular complexity index is 1080. The maximum atomic E-state index is 12.6. The lowest BCUT2D eigenvalue weighted by atomic mass is 9.79. The molecule has 2 aliphatic heterocycles. The van der Waals surface area contributed by atoms with Crippen LogP contribution >= 0.6 is 0 Å². The summed E-state index contributed by atoms with van der Waals surface area (Å²) in [5.41, 5.74) is 1.25. The van der Waals surface area contributed by atoms with Crippen LogP contribution in [0.25, 0.3) is 0 Å². The van der Waals surface area contributed by atoms with Crippen molar-refractivity contribution in [2.75, 3.05) is 25.9 Å². The minimum absolute atomic E-state index is 0.0487. The van der Waals surface area contributed by atoms with Crippen LogP contribution in [0.3, 0.4) is 0 Å². The summed E-state index contributed by atoms with van der Waals surface area (Å²) in [7, 11) is -3.38. The van der Waals surface area contributed by atoms with Gasteiger partial charge in [-0.2, -0.15) is 0 Å². The largest absolute Gasteiger partial charge is 0.350 e. The van der Waals surface area contributed by atoms with Gasteiger partial charge in [0.05, 0.1) is 10.9 Å². The second kappa shape index (κ2) is 7.18. The number of nitrogens with one attached hydrogen (secondary N) is 2. The first-order valence-corrected chi connectivity index (χ1v) is 11.2. The SMILES string of the molecule is CS(=O)(=O)c1cccc(C(=O)NC[C@H]2[C@@H]3CNC[C@@H](C3)c3cccc(=O)n32)c1. The number of piperidine rings is 1. The Morgan fingerprint density at radius 1 is 1.21 bits per heavy atom. The zero-order chi connectivity index (χ0) is 19.9. The van der Waals surface area contributed by atoms with Crippen LogP contribution in [0.4, 0.5) is 0 Å². The molecule has 148 valence electrons. The normalized spacial score (nSPS) is 23.7. The number of amides is 1. The highest BCUT2D eigenvalue weighted by Crippen LogP contribution is 2.38. The predicted molar refractivity (Wildman–Crippen MR) is 105 cm³/mol. The van der Waals surface area contributed by atoms with Crippen molar-refractivity contribution < 1.29 is 13.2 Å². The molecule has 1 aromatic heterocycles. The van der Waals surface area contributed by atoms with E-state index < -0.39 is 9.84 Å². The number of aromatic nitrogens is 1. The molecule has 7 nitrogen and oxygen atoms in total. The summed E-state index contributed by atoms with van der Waals surface area (Å²) >= 11 is 0. The average molecular weight is 401 g/mol. The summed E-state index contributed by atoms with van der Waals surface area (Å²) in [6.45, 7) is 1.98. The lowest BCUT2D eigenvalue weighted by molar-refractivity contribution is 0.0932. The van der Waals surface area contributed by atoms with E-state index in [2.05, 4.69) is 10.6 Å². The average Bonchev–Trinajstić information content (AvgIpc) is 2.68. The fourth-order valence-corrected chi connectivity index (χ4v) is 5.00. The van der Waals surface area contributed by atoms with Crippen LogP contribution in [-0.2, 0) is 9.84 Å². The molecule has 1 fully saturated rings. The smallest absolute Gasteiger partial charge is 0.251 e. The summed E-state index contributed by atoms with van der Waals surface area (Å²) < 4.78 is 25.3. The highest BCUT2D eigenvalue weighted by molar-refractivity contribution is 7.90. The van der Waals surface area contributed by atoms with Crippen LogP contribution < -0.4 is 16.2 Å². The minimum Gasteiger partial charge on any atom is -0.350 e. The van der Waals surface area contributed by atoms with Crippen molar-refractivity contribution in [2.45, 2.75) is 23.3 Å². The molecule has 2 bridgehead atoms. The Hall–Kier alpha value is -2.45. The highest BCUT2D eigenvalue weighted by Gasteiger charge is 2.37. The van der Waals surface area contributed by atoms with Crippen molar-refractivity contribution in [3.8, 4) is 0 Å². The number of fused-ring (bicyclic) bond motifs is 4. The van der Waals surface area contributed by atoms with Crippen molar-refractivity contribution in [1.29, 1.82) is 0 Å². The third-order valence-electron chi connectivity index (χ3n) is 5.70. The summed E-state index contributed by atoms with van der Waals surface area (Å²) in [4.78, 5) is 25.3. The first-order valence-electron chi connectivity index (χ1n) is 9.35. The van der Waals surface area contributed by atoms with Gasteiger partial charge in [0.25, 0.3) is 11.5 Å². The van der Waals surface area contributed by atoms with E-state index in [0.29, 0.717) is 18.0 Å². The number of nitrogens with zero attached hydrogens (tertiary/aromatic N) is 1. The topological polar surface area (TPSA) is 97.3 Å². The molecule has 2 aromatic rings. The molecule has 1 aromatic carbocycles. The van der Waals surface area contributed by atoms with E-state index in [-0.39, 0.29) is 28.3 Å². The van der Waals surface area contributed by atoms with Crippen LogP contribution in [0.2, 0.25) is 0 Å². The van der Waals surface area contributed by atoms with E-state index in [4.69, 9.17) is 0 Å². The number of hydrogen-bond donors (Lipinski definition) is 2. The van der Waals surface area contributed by atoms with Crippen LogP contribution in [-0.4, -0.2) is 44.8 Å². The third kappa shape index (κ3) is 3.49. The van der Waals surface area contributed by atoms with Gasteiger partial charge >= 0.3 is 0 Å². The molecule has 0 saturated carbocycles. The Morgan fingerprint density at radius 3 is 2.79 bits per heavy atom. The molecule has 3 atom stereocenters. The predicted octanol–water partition coefficient (Wildman–Crippen LogP) is 0.930. The lowest BCUT2D eigenvalue weighted by Crippen LogP contribution is -2.50. The third-order valence-corrected chi connectivity index (χ3v) is 6.81. The second-order valence-corrected chi connectivity index (χ2v) is 9.60. The van der Waals surface area contributed by atoms with Crippen LogP contribution in [0.5, 0.6) is 0 Å². The molecular weight excluding hydrogens is 378 g/mol. The van der Waals surface area contributed by atoms with Gasteiger partial charge in [-0.3, -0.25) is 9.59 Å². The van der Waals surface area contributed by atoms with Gasteiger partial charge in [0.15, 0.2) is 9.84 Å². The van der Waals surface area contributed by atoms with Gasteiger partial charge in [-0.15, -0.1) is 0 Å². The Morgan fingerprint density at radius 2 is 2.00 bits per heavy atom. The molecule has 4 rings (SSSR count). The summed E-state index contributed by atoms with van der Waals surface area (Å²) in [6.07, 6.45) is 2.10. The van der Waals surface area contributed by atoms with Crippen LogP contribution in [0.1, 0.15) is 34.4 Å². The van der Waals surface area contributed by atoms with Gasteiger partial charge in [-0.05, 0) is 36.6 Å². The van der Waals surface area contributed by atoms with Crippen molar-refractivity contribution in [3.63, 3.8) is 0 Å². The molecule has 1 saturated heterocycles. The maximum absolute atomic E-state index is 12.6. The summed E-state index contributed by atoms with van der Waals surface area (Å²) in [6, 6.07) is 11.2. The molecule has 3 heterocycles. The number of pyridine rings is 1. The molecule has 8 heteroatoms. The van der Waals surface area contributed by atoms with Gasteiger partial charge in [0.2, 0.25) is 0 Å². The molecule has 0 unspecified atom stereocenters. The number of hydrogen-bond acceptors (Lipinski definition) is 5. The van der Waals surface area contributed by atoms with Gasteiger partial charge in [0.1, 0.15) is 0 Å². The molecule has 0 spiro atoms. The van der Waals surface area contributed by atoms with E-state index in [1.54, 1.807) is 24.3 Å².